The molecule has 1 aromatic heterocycles. The Hall–Kier alpha value is -5.43. The smallest absolute Gasteiger partial charge is 0.338 e. The Labute approximate surface area is 280 Å². The van der Waals surface area contributed by atoms with Crippen molar-refractivity contribution in [3.05, 3.63) is 118 Å². The number of methoxy groups -OCH3 is 2. The summed E-state index contributed by atoms with van der Waals surface area (Å²) in [7, 11) is 3.04. The fourth-order valence-electron chi connectivity index (χ4n) is 5.28. The molecule has 0 radical (unpaired) electrons. The van der Waals surface area contributed by atoms with Gasteiger partial charge in [-0.15, -0.1) is 0 Å². The van der Waals surface area contributed by atoms with Crippen LogP contribution in [0.1, 0.15) is 50.4 Å². The molecular formula is C35H35N3O9S. The van der Waals surface area contributed by atoms with Gasteiger partial charge in [-0.1, -0.05) is 29.5 Å². The lowest BCUT2D eigenvalue weighted by Gasteiger charge is -2.25. The number of carbonyl (C=O) groups excluding carboxylic acids is 1. The molecule has 0 amide bonds. The van der Waals surface area contributed by atoms with Gasteiger partial charge in [0.05, 0.1) is 53.7 Å². The third-order valence-corrected chi connectivity index (χ3v) is 8.41. The van der Waals surface area contributed by atoms with Crippen LogP contribution in [0, 0.1) is 10.1 Å². The minimum absolute atomic E-state index is 0.0231. The van der Waals surface area contributed by atoms with E-state index >= 15 is 0 Å². The predicted octanol–water partition coefficient (Wildman–Crippen LogP) is 5.09. The summed E-state index contributed by atoms with van der Waals surface area (Å²) in [6, 6.07) is 15.8. The molecule has 0 unspecified atom stereocenters. The Morgan fingerprint density at radius 2 is 1.79 bits per heavy atom. The van der Waals surface area contributed by atoms with Gasteiger partial charge in [0.25, 0.3) is 11.2 Å². The maximum Gasteiger partial charge on any atom is 0.338 e. The molecule has 12 nitrogen and oxygen atoms in total. The number of esters is 1. The van der Waals surface area contributed by atoms with Gasteiger partial charge in [-0.25, -0.2) is 9.79 Å². The second-order valence-corrected chi connectivity index (χ2v) is 12.0. The molecular weight excluding hydrogens is 638 g/mol. The molecule has 5 rings (SSSR count). The summed E-state index contributed by atoms with van der Waals surface area (Å²) in [4.78, 5) is 43.3. The molecule has 0 spiro atoms. The number of nitro benzene ring substituents is 1. The van der Waals surface area contributed by atoms with Gasteiger partial charge >= 0.3 is 5.97 Å². The Morgan fingerprint density at radius 3 is 2.44 bits per heavy atom. The highest BCUT2D eigenvalue weighted by Gasteiger charge is 2.34. The third kappa shape index (κ3) is 6.95. The van der Waals surface area contributed by atoms with Crippen molar-refractivity contribution in [1.82, 2.24) is 4.57 Å². The fraction of sp³-hybridized carbons (Fsp3) is 0.286. The average molecular weight is 674 g/mol. The molecule has 0 saturated carbocycles. The standard InChI is InChI=1S/C35H35N3O9S/c1-7-45-34(40)30-21(4)36-35-37(31(30)23-13-16-26(47-20(2)3)28(17-23)44-6)33(39)29(48-35)18-24-9-8-10-27(43-5)32(24)46-19-22-11-14-25(15-12-22)38(41)42/h8-18,20,31H,7,19H2,1-6H3/b29-18+/t31-/m0/s1. The molecule has 2 heterocycles. The quantitative estimate of drug-likeness (QED) is 0.114. The summed E-state index contributed by atoms with van der Waals surface area (Å²) in [6.07, 6.45) is 1.59. The lowest BCUT2D eigenvalue weighted by molar-refractivity contribution is -0.384. The maximum atomic E-state index is 14.3. The van der Waals surface area contributed by atoms with E-state index < -0.39 is 16.9 Å². The number of ether oxygens (including phenoxy) is 5. The molecule has 3 aromatic carbocycles. The first kappa shape index (κ1) is 33.9. The highest BCUT2D eigenvalue weighted by atomic mass is 32.1. The Balaban J connectivity index is 1.62. The van der Waals surface area contributed by atoms with Crippen molar-refractivity contribution in [3.8, 4) is 23.0 Å². The van der Waals surface area contributed by atoms with Gasteiger partial charge in [0.2, 0.25) is 0 Å². The topological polar surface area (TPSA) is 141 Å². The first-order valence-corrected chi connectivity index (χ1v) is 15.9. The van der Waals surface area contributed by atoms with Crippen molar-refractivity contribution >= 4 is 29.1 Å². The number of para-hydroxylation sites is 1. The second-order valence-electron chi connectivity index (χ2n) is 11.0. The largest absolute Gasteiger partial charge is 0.493 e. The molecule has 13 heteroatoms. The highest BCUT2D eigenvalue weighted by Crippen LogP contribution is 2.37. The molecule has 250 valence electrons. The molecule has 4 aromatic rings. The van der Waals surface area contributed by atoms with E-state index in [-0.39, 0.29) is 36.1 Å². The van der Waals surface area contributed by atoms with Crippen LogP contribution >= 0.6 is 11.3 Å². The number of hydrogen-bond acceptors (Lipinski definition) is 11. The van der Waals surface area contributed by atoms with Gasteiger partial charge in [0, 0.05) is 17.7 Å². The van der Waals surface area contributed by atoms with Crippen molar-refractivity contribution in [1.29, 1.82) is 0 Å². The van der Waals surface area contributed by atoms with Gasteiger partial charge in [-0.05, 0) is 75.2 Å². The van der Waals surface area contributed by atoms with Crippen LogP contribution in [-0.4, -0.2) is 42.4 Å². The number of non-ortho nitro benzene ring substituents is 1. The van der Waals surface area contributed by atoms with E-state index in [0.717, 1.165) is 0 Å². The molecule has 0 aliphatic carbocycles. The number of thiazole rings is 1. The van der Waals surface area contributed by atoms with Crippen LogP contribution in [0.4, 0.5) is 5.69 Å². The highest BCUT2D eigenvalue weighted by molar-refractivity contribution is 7.07. The number of allylic oxidation sites excluding steroid dienone is 1. The van der Waals surface area contributed by atoms with Crippen molar-refractivity contribution in [3.63, 3.8) is 0 Å². The van der Waals surface area contributed by atoms with Crippen LogP contribution in [0.25, 0.3) is 6.08 Å². The third-order valence-electron chi connectivity index (χ3n) is 7.43. The van der Waals surface area contributed by atoms with Crippen molar-refractivity contribution < 1.29 is 33.4 Å². The van der Waals surface area contributed by atoms with Crippen LogP contribution in [0.5, 0.6) is 23.0 Å². The number of nitrogens with zero attached hydrogens (tertiary/aromatic N) is 3. The number of carbonyl (C=O) groups is 1. The summed E-state index contributed by atoms with van der Waals surface area (Å²) < 4.78 is 30.5. The maximum absolute atomic E-state index is 14.3. The van der Waals surface area contributed by atoms with E-state index in [1.807, 2.05) is 13.8 Å². The average Bonchev–Trinajstić information content (AvgIpc) is 3.37. The van der Waals surface area contributed by atoms with Crippen LogP contribution in [0.3, 0.4) is 0 Å². The summed E-state index contributed by atoms with van der Waals surface area (Å²) in [5.41, 5.74) is 2.16. The zero-order valence-electron chi connectivity index (χ0n) is 27.3. The van der Waals surface area contributed by atoms with Gasteiger partial charge in [0.1, 0.15) is 6.61 Å². The minimum atomic E-state index is -0.854. The van der Waals surface area contributed by atoms with Gasteiger partial charge in [0.15, 0.2) is 27.8 Å². The van der Waals surface area contributed by atoms with Crippen LogP contribution in [0.2, 0.25) is 0 Å². The number of benzene rings is 3. The number of nitro groups is 1. The zero-order valence-corrected chi connectivity index (χ0v) is 28.2. The summed E-state index contributed by atoms with van der Waals surface area (Å²) in [6.45, 7) is 7.50. The molecule has 1 aliphatic heterocycles. The van der Waals surface area contributed by atoms with Crippen LogP contribution < -0.4 is 33.8 Å². The predicted molar refractivity (Wildman–Crippen MR) is 180 cm³/mol. The van der Waals surface area contributed by atoms with E-state index in [2.05, 4.69) is 4.99 Å². The van der Waals surface area contributed by atoms with Gasteiger partial charge in [-0.2, -0.15) is 0 Å². The van der Waals surface area contributed by atoms with Crippen molar-refractivity contribution in [2.45, 2.75) is 46.4 Å². The van der Waals surface area contributed by atoms with Crippen LogP contribution in [0.15, 0.2) is 81.7 Å². The van der Waals surface area contributed by atoms with E-state index in [1.54, 1.807) is 68.5 Å². The normalized spacial score (nSPS) is 14.3. The molecule has 48 heavy (non-hydrogen) atoms. The Morgan fingerprint density at radius 1 is 1.06 bits per heavy atom. The molecule has 0 saturated heterocycles. The van der Waals surface area contributed by atoms with Gasteiger partial charge < -0.3 is 23.7 Å². The number of hydrogen-bond donors (Lipinski definition) is 0. The SMILES string of the molecule is CCOC(=O)C1=C(C)N=c2s/c(=C/c3cccc(OC)c3OCc3ccc([N+](=O)[O-])cc3)c(=O)n2[C@H]1c1ccc(OC(C)C)c(OC)c1. The molecule has 1 atom stereocenters. The summed E-state index contributed by atoms with van der Waals surface area (Å²) in [5, 5.41) is 11.1. The first-order chi connectivity index (χ1) is 23.1. The van der Waals surface area contributed by atoms with Gasteiger partial charge in [-0.3, -0.25) is 19.5 Å². The van der Waals surface area contributed by atoms with E-state index in [9.17, 15) is 19.7 Å². The molecule has 0 fully saturated rings. The van der Waals surface area contributed by atoms with Crippen LogP contribution in [-0.2, 0) is 16.1 Å². The zero-order chi connectivity index (χ0) is 34.5. The van der Waals surface area contributed by atoms with E-state index in [4.69, 9.17) is 23.7 Å². The Bertz CT molecular complexity index is 2060. The van der Waals surface area contributed by atoms with Crippen molar-refractivity contribution in [2.75, 3.05) is 20.8 Å². The lowest BCUT2D eigenvalue weighted by atomic mass is 9.95. The Kier molecular flexibility index (Phi) is 10.3. The first-order valence-electron chi connectivity index (χ1n) is 15.1. The van der Waals surface area contributed by atoms with E-state index in [0.29, 0.717) is 54.7 Å². The van der Waals surface area contributed by atoms with E-state index in [1.165, 1.54) is 42.3 Å². The molecule has 1 aliphatic rings. The number of aromatic nitrogens is 1. The number of fused-ring (bicyclic) bond motifs is 1. The number of rotatable bonds is 12. The monoisotopic (exact) mass is 673 g/mol. The molecule has 0 bridgehead atoms. The minimum Gasteiger partial charge on any atom is -0.493 e. The van der Waals surface area contributed by atoms with Crippen molar-refractivity contribution in [2.24, 2.45) is 4.99 Å². The second kappa shape index (κ2) is 14.6. The molecule has 0 N–H and O–H groups in total. The fourth-order valence-corrected chi connectivity index (χ4v) is 6.32. The lowest BCUT2D eigenvalue weighted by Crippen LogP contribution is -2.40. The summed E-state index contributed by atoms with van der Waals surface area (Å²) in [5.74, 6) is 1.23. The summed E-state index contributed by atoms with van der Waals surface area (Å²) >= 11 is 1.17.